The number of aliphatic hydroxyl groups excluding tert-OH is 1. The minimum absolute atomic E-state index is 0.0800. The molecule has 0 spiro atoms. The van der Waals surface area contributed by atoms with Gasteiger partial charge in [-0.15, -0.1) is 11.8 Å². The first-order chi connectivity index (χ1) is 10.6. The summed E-state index contributed by atoms with van der Waals surface area (Å²) in [5, 5.41) is 11.4. The van der Waals surface area contributed by atoms with Gasteiger partial charge in [0.15, 0.2) is 5.65 Å². The first kappa shape index (κ1) is 14.6. The highest BCUT2D eigenvalue weighted by Gasteiger charge is 2.50. The number of nitrogens with zero attached hydrogens (tertiary/aromatic N) is 3. The molecule has 4 rings (SSSR count). The van der Waals surface area contributed by atoms with Crippen molar-refractivity contribution in [3.63, 3.8) is 0 Å². The summed E-state index contributed by atoms with van der Waals surface area (Å²) in [4.78, 5) is 22.6. The Kier molecular flexibility index (Phi) is 3.68. The van der Waals surface area contributed by atoms with Crippen molar-refractivity contribution in [1.29, 1.82) is 0 Å². The summed E-state index contributed by atoms with van der Waals surface area (Å²) in [6.07, 6.45) is -0.848. The van der Waals surface area contributed by atoms with Crippen molar-refractivity contribution >= 4 is 57.9 Å². The molecule has 0 radical (unpaired) electrons. The lowest BCUT2D eigenvalue weighted by molar-refractivity contribution is -0.117. The van der Waals surface area contributed by atoms with Crippen LogP contribution in [0.3, 0.4) is 0 Å². The van der Waals surface area contributed by atoms with Crippen molar-refractivity contribution in [3.05, 3.63) is 29.4 Å². The number of amides is 1. The van der Waals surface area contributed by atoms with Gasteiger partial charge in [0.25, 0.3) is 0 Å². The third-order valence-electron chi connectivity index (χ3n) is 3.78. The maximum Gasteiger partial charge on any atom is 0.244 e. The molecule has 1 amide bonds. The number of carbonyl (C=O) groups excluding carboxylic acids is 1. The molecule has 2 saturated heterocycles. The second-order valence-corrected chi connectivity index (χ2v) is 8.02. The fourth-order valence-electron chi connectivity index (χ4n) is 2.76. The van der Waals surface area contributed by atoms with E-state index in [0.717, 1.165) is 16.9 Å². The molecule has 114 valence electrons. The zero-order chi connectivity index (χ0) is 15.3. The van der Waals surface area contributed by atoms with Crippen molar-refractivity contribution in [2.75, 3.05) is 16.4 Å². The molecule has 2 fully saturated rings. The van der Waals surface area contributed by atoms with E-state index in [1.54, 1.807) is 35.7 Å². The molecule has 8 heteroatoms. The van der Waals surface area contributed by atoms with E-state index in [1.807, 2.05) is 12.1 Å². The van der Waals surface area contributed by atoms with E-state index in [1.165, 1.54) is 4.90 Å². The molecule has 5 nitrogen and oxygen atoms in total. The summed E-state index contributed by atoms with van der Waals surface area (Å²) >= 11 is 9.17. The standard InChI is InChI=1S/C14H12ClN3O2S2/c15-8-3-1-7-2-4-9(17-12(7)16-8)18-13(19)10-11(14(18)20)22-6-5-21-10/h1-4,10-11,13,19H,5-6H2. The summed E-state index contributed by atoms with van der Waals surface area (Å²) in [6, 6.07) is 7.10. The van der Waals surface area contributed by atoms with Crippen LogP contribution in [0.25, 0.3) is 11.0 Å². The van der Waals surface area contributed by atoms with E-state index < -0.39 is 6.23 Å². The van der Waals surface area contributed by atoms with Crippen molar-refractivity contribution in [2.24, 2.45) is 0 Å². The van der Waals surface area contributed by atoms with Gasteiger partial charge in [0.05, 0.1) is 5.25 Å². The molecule has 3 atom stereocenters. The number of aromatic nitrogens is 2. The van der Waals surface area contributed by atoms with Crippen LogP contribution in [-0.4, -0.2) is 49.2 Å². The Labute approximate surface area is 140 Å². The molecule has 2 aliphatic rings. The molecule has 0 saturated carbocycles. The maximum atomic E-state index is 12.6. The third kappa shape index (κ3) is 2.27. The molecule has 0 aliphatic carbocycles. The van der Waals surface area contributed by atoms with E-state index in [4.69, 9.17) is 11.6 Å². The van der Waals surface area contributed by atoms with Crippen LogP contribution in [0.5, 0.6) is 0 Å². The second-order valence-electron chi connectivity index (χ2n) is 5.10. The van der Waals surface area contributed by atoms with Gasteiger partial charge in [-0.25, -0.2) is 9.97 Å². The Morgan fingerprint density at radius 2 is 1.95 bits per heavy atom. The van der Waals surface area contributed by atoms with Gasteiger partial charge in [0.1, 0.15) is 22.4 Å². The molecule has 1 N–H and O–H groups in total. The Morgan fingerprint density at radius 3 is 2.77 bits per heavy atom. The van der Waals surface area contributed by atoms with Gasteiger partial charge in [-0.1, -0.05) is 11.6 Å². The SMILES string of the molecule is O=C1C2SCCSC2C(O)N1c1ccc2ccc(Cl)nc2n1. The normalized spacial score (nSPS) is 28.2. The van der Waals surface area contributed by atoms with Crippen molar-refractivity contribution in [1.82, 2.24) is 9.97 Å². The van der Waals surface area contributed by atoms with Gasteiger partial charge >= 0.3 is 0 Å². The molecule has 0 bridgehead atoms. The fraction of sp³-hybridized carbons (Fsp3) is 0.357. The maximum absolute atomic E-state index is 12.6. The molecule has 2 aromatic rings. The lowest BCUT2D eigenvalue weighted by Gasteiger charge is -2.24. The van der Waals surface area contributed by atoms with E-state index in [0.29, 0.717) is 16.6 Å². The summed E-state index contributed by atoms with van der Waals surface area (Å²) in [5.74, 6) is 2.23. The molecular formula is C14H12ClN3O2S2. The van der Waals surface area contributed by atoms with Crippen LogP contribution in [0.15, 0.2) is 24.3 Å². The van der Waals surface area contributed by atoms with Crippen molar-refractivity contribution in [2.45, 2.75) is 16.7 Å². The number of hydrogen-bond donors (Lipinski definition) is 1. The number of halogens is 1. The first-order valence-corrected chi connectivity index (χ1v) is 9.30. The number of thioether (sulfide) groups is 2. The minimum atomic E-state index is -0.848. The van der Waals surface area contributed by atoms with Gasteiger partial charge in [-0.05, 0) is 24.3 Å². The highest BCUT2D eigenvalue weighted by Crippen LogP contribution is 2.41. The average Bonchev–Trinajstić information content (AvgIpc) is 2.79. The minimum Gasteiger partial charge on any atom is -0.372 e. The number of rotatable bonds is 1. The van der Waals surface area contributed by atoms with Gasteiger partial charge in [-0.2, -0.15) is 11.8 Å². The summed E-state index contributed by atoms with van der Waals surface area (Å²) in [5.41, 5.74) is 0.472. The highest BCUT2D eigenvalue weighted by molar-refractivity contribution is 8.07. The highest BCUT2D eigenvalue weighted by atomic mass is 35.5. The topological polar surface area (TPSA) is 66.3 Å². The first-order valence-electron chi connectivity index (χ1n) is 6.83. The van der Waals surface area contributed by atoms with Gasteiger partial charge in [0, 0.05) is 16.9 Å². The van der Waals surface area contributed by atoms with E-state index >= 15 is 0 Å². The smallest absolute Gasteiger partial charge is 0.244 e. The molecule has 0 aromatic carbocycles. The van der Waals surface area contributed by atoms with Crippen LogP contribution in [0.4, 0.5) is 5.82 Å². The zero-order valence-corrected chi connectivity index (χ0v) is 13.7. The number of carbonyl (C=O) groups is 1. The van der Waals surface area contributed by atoms with Crippen LogP contribution in [0, 0.1) is 0 Å². The van der Waals surface area contributed by atoms with Gasteiger partial charge in [-0.3, -0.25) is 9.69 Å². The van der Waals surface area contributed by atoms with Gasteiger partial charge in [0.2, 0.25) is 5.91 Å². The average molecular weight is 354 g/mol. The zero-order valence-electron chi connectivity index (χ0n) is 11.3. The molecule has 22 heavy (non-hydrogen) atoms. The van der Waals surface area contributed by atoms with E-state index in [-0.39, 0.29) is 16.4 Å². The molecule has 2 aromatic heterocycles. The lowest BCUT2D eigenvalue weighted by atomic mass is 10.3. The Morgan fingerprint density at radius 1 is 1.18 bits per heavy atom. The lowest BCUT2D eigenvalue weighted by Crippen LogP contribution is -2.36. The predicted octanol–water partition coefficient (Wildman–Crippen LogP) is 2.17. The Bertz CT molecular complexity index is 760. The molecule has 4 heterocycles. The number of pyridine rings is 2. The van der Waals surface area contributed by atoms with E-state index in [9.17, 15) is 9.90 Å². The monoisotopic (exact) mass is 353 g/mol. The number of aliphatic hydroxyl groups is 1. The number of fused-ring (bicyclic) bond motifs is 2. The second kappa shape index (κ2) is 5.56. The third-order valence-corrected chi connectivity index (χ3v) is 7.05. The predicted molar refractivity (Wildman–Crippen MR) is 90.5 cm³/mol. The molecule has 3 unspecified atom stereocenters. The van der Waals surface area contributed by atoms with Crippen LogP contribution in [0.2, 0.25) is 5.15 Å². The van der Waals surface area contributed by atoms with Crippen molar-refractivity contribution < 1.29 is 9.90 Å². The fourth-order valence-corrected chi connectivity index (χ4v) is 5.84. The quantitative estimate of drug-likeness (QED) is 0.792. The van der Waals surface area contributed by atoms with Crippen LogP contribution in [-0.2, 0) is 4.79 Å². The van der Waals surface area contributed by atoms with Gasteiger partial charge < -0.3 is 5.11 Å². The molecule has 2 aliphatic heterocycles. The van der Waals surface area contributed by atoms with Crippen LogP contribution < -0.4 is 4.90 Å². The molecular weight excluding hydrogens is 342 g/mol. The van der Waals surface area contributed by atoms with Crippen LogP contribution in [0.1, 0.15) is 0 Å². The summed E-state index contributed by atoms with van der Waals surface area (Å²) < 4.78 is 0. The summed E-state index contributed by atoms with van der Waals surface area (Å²) in [6.45, 7) is 0. The number of hydrogen-bond acceptors (Lipinski definition) is 6. The summed E-state index contributed by atoms with van der Waals surface area (Å²) in [7, 11) is 0. The largest absolute Gasteiger partial charge is 0.372 e. The van der Waals surface area contributed by atoms with Crippen molar-refractivity contribution in [3.8, 4) is 0 Å². The number of anilines is 1. The Hall–Kier alpha value is -1.02. The van der Waals surface area contributed by atoms with E-state index in [2.05, 4.69) is 9.97 Å². The van der Waals surface area contributed by atoms with Crippen LogP contribution >= 0.6 is 35.1 Å². The Balaban J connectivity index is 1.76.